The van der Waals surface area contributed by atoms with Crippen LogP contribution in [0.1, 0.15) is 36.1 Å². The van der Waals surface area contributed by atoms with Crippen molar-refractivity contribution in [3.8, 4) is 0 Å². The molecule has 0 aliphatic carbocycles. The van der Waals surface area contributed by atoms with Crippen molar-refractivity contribution in [1.29, 1.82) is 0 Å². The number of rotatable bonds is 3. The summed E-state index contributed by atoms with van der Waals surface area (Å²) in [5, 5.41) is 0. The number of hydrogen-bond donors (Lipinski definition) is 1. The van der Waals surface area contributed by atoms with Gasteiger partial charge >= 0.3 is 0 Å². The molecule has 0 amide bonds. The first-order chi connectivity index (χ1) is 6.50. The van der Waals surface area contributed by atoms with Crippen molar-refractivity contribution in [2.75, 3.05) is 0 Å². The van der Waals surface area contributed by atoms with Gasteiger partial charge in [0, 0.05) is 6.04 Å². The van der Waals surface area contributed by atoms with Gasteiger partial charge in [0.25, 0.3) is 0 Å². The Bertz CT molecular complexity index is 339. The number of hydrogen-bond acceptors (Lipinski definition) is 1. The van der Waals surface area contributed by atoms with E-state index in [9.17, 15) is 0 Å². The molecular formula is C13H19N. The van der Waals surface area contributed by atoms with Crippen molar-refractivity contribution in [2.24, 2.45) is 5.73 Å². The maximum atomic E-state index is 6.05. The molecule has 0 fully saturated rings. The third-order valence-electron chi connectivity index (χ3n) is 2.53. The molecule has 0 unspecified atom stereocenters. The monoisotopic (exact) mass is 189 g/mol. The lowest BCUT2D eigenvalue weighted by atomic mass is 9.98. The molecule has 0 radical (unpaired) electrons. The molecule has 0 aliphatic heterocycles. The van der Waals surface area contributed by atoms with Gasteiger partial charge in [0.1, 0.15) is 0 Å². The van der Waals surface area contributed by atoms with Gasteiger partial charge in [-0.1, -0.05) is 23.8 Å². The molecular weight excluding hydrogens is 170 g/mol. The maximum Gasteiger partial charge on any atom is 0.0332 e. The van der Waals surface area contributed by atoms with Gasteiger partial charge in [0.05, 0.1) is 0 Å². The maximum absolute atomic E-state index is 6.05. The molecule has 1 aromatic carbocycles. The van der Waals surface area contributed by atoms with Crippen LogP contribution < -0.4 is 5.73 Å². The van der Waals surface area contributed by atoms with E-state index in [0.29, 0.717) is 0 Å². The summed E-state index contributed by atoms with van der Waals surface area (Å²) < 4.78 is 0. The average Bonchev–Trinajstić information content (AvgIpc) is 2.08. The van der Waals surface area contributed by atoms with E-state index in [1.54, 1.807) is 0 Å². The Morgan fingerprint density at radius 2 is 2.00 bits per heavy atom. The predicted octanol–water partition coefficient (Wildman–Crippen LogP) is 3.27. The van der Waals surface area contributed by atoms with E-state index < -0.39 is 0 Å². The summed E-state index contributed by atoms with van der Waals surface area (Å²) in [6.45, 7) is 10.1. The van der Waals surface area contributed by atoms with Gasteiger partial charge in [0.2, 0.25) is 0 Å². The Labute approximate surface area is 86.6 Å². The molecule has 0 aromatic heterocycles. The fourth-order valence-electron chi connectivity index (χ4n) is 1.49. The molecule has 0 saturated heterocycles. The predicted molar refractivity (Wildman–Crippen MR) is 62.3 cm³/mol. The largest absolute Gasteiger partial charge is 0.324 e. The van der Waals surface area contributed by atoms with Crippen molar-refractivity contribution in [3.63, 3.8) is 0 Å². The zero-order chi connectivity index (χ0) is 10.7. The van der Waals surface area contributed by atoms with Crippen LogP contribution >= 0.6 is 0 Å². The van der Waals surface area contributed by atoms with Gasteiger partial charge < -0.3 is 5.73 Å². The van der Waals surface area contributed by atoms with Gasteiger partial charge in [-0.15, -0.1) is 6.58 Å². The van der Waals surface area contributed by atoms with Crippen LogP contribution in [0.25, 0.3) is 0 Å². The van der Waals surface area contributed by atoms with Crippen molar-refractivity contribution >= 4 is 0 Å². The molecule has 0 heterocycles. The zero-order valence-corrected chi connectivity index (χ0v) is 9.30. The highest BCUT2D eigenvalue weighted by Gasteiger charge is 2.06. The molecule has 1 nitrogen and oxygen atoms in total. The highest BCUT2D eigenvalue weighted by molar-refractivity contribution is 5.32. The first-order valence-electron chi connectivity index (χ1n) is 4.98. The first-order valence-corrected chi connectivity index (χ1v) is 4.98. The van der Waals surface area contributed by atoms with Crippen LogP contribution in [0.2, 0.25) is 0 Å². The van der Waals surface area contributed by atoms with Crippen molar-refractivity contribution in [1.82, 2.24) is 0 Å². The van der Waals surface area contributed by atoms with E-state index in [0.717, 1.165) is 12.0 Å². The molecule has 1 atom stereocenters. The lowest BCUT2D eigenvalue weighted by Crippen LogP contribution is -2.10. The van der Waals surface area contributed by atoms with Crippen LogP contribution in [0.4, 0.5) is 0 Å². The minimum atomic E-state index is 0.0896. The first kappa shape index (κ1) is 11.0. The van der Waals surface area contributed by atoms with Gasteiger partial charge in [0.15, 0.2) is 0 Å². The Hall–Kier alpha value is -1.08. The molecule has 0 bridgehead atoms. The van der Waals surface area contributed by atoms with E-state index in [4.69, 9.17) is 5.73 Å². The van der Waals surface area contributed by atoms with E-state index in [-0.39, 0.29) is 6.04 Å². The summed E-state index contributed by atoms with van der Waals surface area (Å²) in [5.41, 5.74) is 11.0. The van der Waals surface area contributed by atoms with E-state index in [2.05, 4.69) is 38.6 Å². The van der Waals surface area contributed by atoms with Crippen LogP contribution in [0, 0.1) is 13.8 Å². The Kier molecular flexibility index (Phi) is 3.48. The molecule has 2 N–H and O–H groups in total. The van der Waals surface area contributed by atoms with Crippen molar-refractivity contribution in [2.45, 2.75) is 33.2 Å². The SMILES string of the molecule is C=C(C)C[C@@H](N)c1ccc(C)c(C)c1. The summed E-state index contributed by atoms with van der Waals surface area (Å²) >= 11 is 0. The summed E-state index contributed by atoms with van der Waals surface area (Å²) in [5.74, 6) is 0. The molecule has 76 valence electrons. The zero-order valence-electron chi connectivity index (χ0n) is 9.30. The molecule has 1 aromatic rings. The molecule has 1 rings (SSSR count). The lowest BCUT2D eigenvalue weighted by molar-refractivity contribution is 0.716. The van der Waals surface area contributed by atoms with Crippen LogP contribution in [-0.2, 0) is 0 Å². The minimum Gasteiger partial charge on any atom is -0.324 e. The summed E-state index contributed by atoms with van der Waals surface area (Å²) in [7, 11) is 0. The molecule has 0 spiro atoms. The van der Waals surface area contributed by atoms with E-state index in [1.807, 2.05) is 6.92 Å². The summed E-state index contributed by atoms with van der Waals surface area (Å²) in [6.07, 6.45) is 0.864. The minimum absolute atomic E-state index is 0.0896. The van der Waals surface area contributed by atoms with Crippen molar-refractivity contribution < 1.29 is 0 Å². The second kappa shape index (κ2) is 4.43. The van der Waals surface area contributed by atoms with Gasteiger partial charge in [-0.25, -0.2) is 0 Å². The van der Waals surface area contributed by atoms with Crippen LogP contribution in [0.5, 0.6) is 0 Å². The molecule has 14 heavy (non-hydrogen) atoms. The van der Waals surface area contributed by atoms with Crippen LogP contribution in [-0.4, -0.2) is 0 Å². The van der Waals surface area contributed by atoms with E-state index in [1.165, 1.54) is 16.7 Å². The number of nitrogens with two attached hydrogens (primary N) is 1. The van der Waals surface area contributed by atoms with Crippen molar-refractivity contribution in [3.05, 3.63) is 47.0 Å². The van der Waals surface area contributed by atoms with Gasteiger partial charge in [-0.3, -0.25) is 0 Å². The third kappa shape index (κ3) is 2.71. The fraction of sp³-hybridized carbons (Fsp3) is 0.385. The highest BCUT2D eigenvalue weighted by Crippen LogP contribution is 2.20. The second-order valence-electron chi connectivity index (χ2n) is 4.11. The molecule has 0 saturated carbocycles. The molecule has 0 aliphatic rings. The standard InChI is InChI=1S/C13H19N/c1-9(2)7-13(14)12-6-5-10(3)11(4)8-12/h5-6,8,13H,1,7,14H2,2-4H3/t13-/m1/s1. The Balaban J connectivity index is 2.85. The van der Waals surface area contributed by atoms with Crippen LogP contribution in [0.15, 0.2) is 30.4 Å². The van der Waals surface area contributed by atoms with E-state index >= 15 is 0 Å². The van der Waals surface area contributed by atoms with Crippen LogP contribution in [0.3, 0.4) is 0 Å². The smallest absolute Gasteiger partial charge is 0.0332 e. The normalized spacial score (nSPS) is 12.6. The Morgan fingerprint density at radius 1 is 1.36 bits per heavy atom. The van der Waals surface area contributed by atoms with Gasteiger partial charge in [-0.2, -0.15) is 0 Å². The number of benzene rings is 1. The number of aryl methyl sites for hydroxylation is 2. The fourth-order valence-corrected chi connectivity index (χ4v) is 1.49. The second-order valence-corrected chi connectivity index (χ2v) is 4.11. The summed E-state index contributed by atoms with van der Waals surface area (Å²) in [6, 6.07) is 6.49. The quantitative estimate of drug-likeness (QED) is 0.726. The third-order valence-corrected chi connectivity index (χ3v) is 2.53. The topological polar surface area (TPSA) is 26.0 Å². The average molecular weight is 189 g/mol. The molecule has 1 heteroatoms. The highest BCUT2D eigenvalue weighted by atomic mass is 14.6. The van der Waals surface area contributed by atoms with Gasteiger partial charge in [-0.05, 0) is 43.9 Å². The lowest BCUT2D eigenvalue weighted by Gasteiger charge is -2.13. The summed E-state index contributed by atoms with van der Waals surface area (Å²) in [4.78, 5) is 0. The Morgan fingerprint density at radius 3 is 2.50 bits per heavy atom.